The molecular weight excluding hydrogens is 262 g/mol. The molecule has 4 heteroatoms. The average molecular weight is 287 g/mol. The Morgan fingerprint density at radius 2 is 2.29 bits per heavy atom. The van der Waals surface area contributed by atoms with Crippen LogP contribution in [0.3, 0.4) is 0 Å². The van der Waals surface area contributed by atoms with Crippen molar-refractivity contribution < 1.29 is 4.79 Å². The number of aromatic nitrogens is 1. The number of likely N-dealkylation sites (N-methyl/N-ethyl adjacent to an activating group) is 1. The predicted molar refractivity (Wildman–Crippen MR) is 82.7 cm³/mol. The number of nitrogens with one attached hydrogen (secondary N) is 1. The number of hydrogen-bond acceptors (Lipinski definition) is 3. The minimum atomic E-state index is 0.0299. The summed E-state index contributed by atoms with van der Waals surface area (Å²) in [7, 11) is 0. The van der Waals surface area contributed by atoms with Gasteiger partial charge >= 0.3 is 0 Å². The Morgan fingerprint density at radius 3 is 3.05 bits per heavy atom. The van der Waals surface area contributed by atoms with Crippen molar-refractivity contribution in [3.05, 3.63) is 29.6 Å². The second kappa shape index (κ2) is 6.14. The number of rotatable bonds is 4. The first-order chi connectivity index (χ1) is 10.2. The van der Waals surface area contributed by atoms with Crippen LogP contribution in [0.2, 0.25) is 0 Å². The van der Waals surface area contributed by atoms with Gasteiger partial charge in [-0.05, 0) is 57.2 Å². The van der Waals surface area contributed by atoms with Gasteiger partial charge in [0.25, 0.3) is 0 Å². The number of pyridine rings is 1. The van der Waals surface area contributed by atoms with Crippen LogP contribution in [0.5, 0.6) is 0 Å². The molecule has 3 unspecified atom stereocenters. The molecule has 2 aliphatic rings. The van der Waals surface area contributed by atoms with Crippen molar-refractivity contribution in [2.45, 2.75) is 45.7 Å². The van der Waals surface area contributed by atoms with Crippen LogP contribution >= 0.6 is 0 Å². The Kier molecular flexibility index (Phi) is 4.24. The number of aryl methyl sites for hydroxylation is 1. The first kappa shape index (κ1) is 14.5. The van der Waals surface area contributed by atoms with Gasteiger partial charge in [-0.1, -0.05) is 12.5 Å². The van der Waals surface area contributed by atoms with E-state index >= 15 is 0 Å². The van der Waals surface area contributed by atoms with Gasteiger partial charge in [0.2, 0.25) is 5.91 Å². The molecule has 0 spiro atoms. The number of fused-ring (bicyclic) bond motifs is 1. The molecule has 1 saturated heterocycles. The number of carbonyl (C=O) groups is 1. The van der Waals surface area contributed by atoms with E-state index in [-0.39, 0.29) is 11.9 Å². The standard InChI is InChI=1S/C17H25N3O/c1-3-20(11-14-8-4-6-12(2)19-14)17(21)16-15-9-5-7-13(15)10-18-16/h4,6,8,13,15-16,18H,3,5,7,9-11H2,1-2H3. The molecule has 2 fully saturated rings. The van der Waals surface area contributed by atoms with Crippen molar-refractivity contribution in [2.75, 3.05) is 13.1 Å². The summed E-state index contributed by atoms with van der Waals surface area (Å²) in [6.07, 6.45) is 3.77. The molecule has 1 aliphatic heterocycles. The maximum Gasteiger partial charge on any atom is 0.240 e. The summed E-state index contributed by atoms with van der Waals surface area (Å²) >= 11 is 0. The molecule has 0 bridgehead atoms. The Bertz CT molecular complexity index is 517. The molecular formula is C17H25N3O. The largest absolute Gasteiger partial charge is 0.336 e. The van der Waals surface area contributed by atoms with Crippen molar-refractivity contribution in [3.8, 4) is 0 Å². The molecule has 4 nitrogen and oxygen atoms in total. The number of nitrogens with zero attached hydrogens (tertiary/aromatic N) is 2. The third-order valence-electron chi connectivity index (χ3n) is 5.00. The molecule has 1 aromatic heterocycles. The molecule has 1 N–H and O–H groups in total. The molecule has 1 aliphatic carbocycles. The first-order valence-corrected chi connectivity index (χ1v) is 8.13. The van der Waals surface area contributed by atoms with E-state index in [1.54, 1.807) is 0 Å². The summed E-state index contributed by atoms with van der Waals surface area (Å²) in [4.78, 5) is 19.3. The highest BCUT2D eigenvalue weighted by Crippen LogP contribution is 2.38. The molecule has 0 aromatic carbocycles. The zero-order chi connectivity index (χ0) is 14.8. The minimum Gasteiger partial charge on any atom is -0.336 e. The molecule has 21 heavy (non-hydrogen) atoms. The van der Waals surface area contributed by atoms with Crippen LogP contribution in [-0.4, -0.2) is 34.9 Å². The fourth-order valence-electron chi connectivity index (χ4n) is 3.88. The van der Waals surface area contributed by atoms with Crippen LogP contribution in [-0.2, 0) is 11.3 Å². The van der Waals surface area contributed by atoms with E-state index in [2.05, 4.69) is 17.2 Å². The van der Waals surface area contributed by atoms with Crippen molar-refractivity contribution in [1.82, 2.24) is 15.2 Å². The molecule has 2 heterocycles. The lowest BCUT2D eigenvalue weighted by Crippen LogP contribution is -2.46. The molecule has 3 rings (SSSR count). The third kappa shape index (κ3) is 2.95. The zero-order valence-corrected chi connectivity index (χ0v) is 13.0. The summed E-state index contributed by atoms with van der Waals surface area (Å²) in [6, 6.07) is 6.03. The van der Waals surface area contributed by atoms with Gasteiger partial charge in [-0.2, -0.15) is 0 Å². The Hall–Kier alpha value is -1.42. The van der Waals surface area contributed by atoms with Crippen LogP contribution in [0.1, 0.15) is 37.6 Å². The van der Waals surface area contributed by atoms with Gasteiger partial charge in [-0.3, -0.25) is 9.78 Å². The van der Waals surface area contributed by atoms with Gasteiger partial charge in [0, 0.05) is 12.2 Å². The zero-order valence-electron chi connectivity index (χ0n) is 13.0. The van der Waals surface area contributed by atoms with Crippen LogP contribution in [0, 0.1) is 18.8 Å². The van der Waals surface area contributed by atoms with Crippen LogP contribution in [0.4, 0.5) is 0 Å². The van der Waals surface area contributed by atoms with Crippen LogP contribution in [0.25, 0.3) is 0 Å². The molecule has 114 valence electrons. The third-order valence-corrected chi connectivity index (χ3v) is 5.00. The summed E-state index contributed by atoms with van der Waals surface area (Å²) in [5.74, 6) is 1.53. The second-order valence-electron chi connectivity index (χ2n) is 6.36. The highest BCUT2D eigenvalue weighted by Gasteiger charge is 2.43. The Balaban J connectivity index is 1.69. The maximum atomic E-state index is 12.8. The SMILES string of the molecule is CCN(Cc1cccc(C)n1)C(=O)C1NCC2CCCC21. The minimum absolute atomic E-state index is 0.0299. The normalized spacial score (nSPS) is 27.6. The lowest BCUT2D eigenvalue weighted by molar-refractivity contribution is -0.134. The average Bonchev–Trinajstić information content (AvgIpc) is 3.07. The van der Waals surface area contributed by atoms with Crippen LogP contribution < -0.4 is 5.32 Å². The highest BCUT2D eigenvalue weighted by atomic mass is 16.2. The Labute approximate surface area is 126 Å². The number of amides is 1. The van der Waals surface area contributed by atoms with Gasteiger partial charge in [-0.25, -0.2) is 0 Å². The molecule has 3 atom stereocenters. The van der Waals surface area contributed by atoms with Crippen molar-refractivity contribution in [2.24, 2.45) is 11.8 Å². The van der Waals surface area contributed by atoms with E-state index in [0.29, 0.717) is 12.5 Å². The molecule has 1 saturated carbocycles. The van der Waals surface area contributed by atoms with Crippen molar-refractivity contribution in [3.63, 3.8) is 0 Å². The van der Waals surface area contributed by atoms with E-state index < -0.39 is 0 Å². The number of hydrogen-bond donors (Lipinski definition) is 1. The van der Waals surface area contributed by atoms with E-state index in [4.69, 9.17) is 0 Å². The van der Waals surface area contributed by atoms with E-state index in [1.807, 2.05) is 30.0 Å². The van der Waals surface area contributed by atoms with Gasteiger partial charge in [0.15, 0.2) is 0 Å². The molecule has 0 radical (unpaired) electrons. The summed E-state index contributed by atoms with van der Waals surface area (Å²) in [5, 5.41) is 3.46. The smallest absolute Gasteiger partial charge is 0.240 e. The second-order valence-corrected chi connectivity index (χ2v) is 6.36. The lowest BCUT2D eigenvalue weighted by Gasteiger charge is -2.27. The Morgan fingerprint density at radius 1 is 1.43 bits per heavy atom. The van der Waals surface area contributed by atoms with Gasteiger partial charge in [0.05, 0.1) is 18.3 Å². The van der Waals surface area contributed by atoms with Crippen LogP contribution in [0.15, 0.2) is 18.2 Å². The summed E-state index contributed by atoms with van der Waals surface area (Å²) in [5.41, 5.74) is 1.98. The quantitative estimate of drug-likeness (QED) is 0.922. The monoisotopic (exact) mass is 287 g/mol. The molecule has 1 aromatic rings. The predicted octanol–water partition coefficient (Wildman–Crippen LogP) is 2.13. The highest BCUT2D eigenvalue weighted by molar-refractivity contribution is 5.82. The number of carbonyl (C=O) groups excluding carboxylic acids is 1. The van der Waals surface area contributed by atoms with Crippen molar-refractivity contribution in [1.29, 1.82) is 0 Å². The first-order valence-electron chi connectivity index (χ1n) is 8.13. The fourth-order valence-corrected chi connectivity index (χ4v) is 3.88. The van der Waals surface area contributed by atoms with E-state index in [0.717, 1.165) is 30.4 Å². The summed E-state index contributed by atoms with van der Waals surface area (Å²) in [6.45, 7) is 6.41. The maximum absolute atomic E-state index is 12.8. The van der Waals surface area contributed by atoms with Gasteiger partial charge in [0.1, 0.15) is 0 Å². The van der Waals surface area contributed by atoms with Gasteiger partial charge in [-0.15, -0.1) is 0 Å². The van der Waals surface area contributed by atoms with Gasteiger partial charge < -0.3 is 10.2 Å². The topological polar surface area (TPSA) is 45.2 Å². The lowest BCUT2D eigenvalue weighted by atomic mass is 9.93. The van der Waals surface area contributed by atoms with E-state index in [1.165, 1.54) is 19.3 Å². The summed E-state index contributed by atoms with van der Waals surface area (Å²) < 4.78 is 0. The van der Waals surface area contributed by atoms with Crippen molar-refractivity contribution >= 4 is 5.91 Å². The molecule has 1 amide bonds. The fraction of sp³-hybridized carbons (Fsp3) is 0.647. The van der Waals surface area contributed by atoms with E-state index in [9.17, 15) is 4.79 Å².